The summed E-state index contributed by atoms with van der Waals surface area (Å²) in [7, 11) is 0. The van der Waals surface area contributed by atoms with Gasteiger partial charge in [0.05, 0.1) is 18.4 Å². The van der Waals surface area contributed by atoms with Crippen molar-refractivity contribution in [3.8, 4) is 0 Å². The molecule has 1 amide bonds. The van der Waals surface area contributed by atoms with Crippen LogP contribution < -0.4 is 5.43 Å². The molecule has 132 valence electrons. The van der Waals surface area contributed by atoms with Crippen molar-refractivity contribution >= 4 is 28.6 Å². The normalized spacial score (nSPS) is 17.8. The minimum absolute atomic E-state index is 0.106. The molecule has 0 spiro atoms. The maximum absolute atomic E-state index is 12.4. The average Bonchev–Trinajstić information content (AvgIpc) is 3.31. The second-order valence-electron chi connectivity index (χ2n) is 6.52. The van der Waals surface area contributed by atoms with E-state index in [-0.39, 0.29) is 5.91 Å². The van der Waals surface area contributed by atoms with Crippen LogP contribution in [0.15, 0.2) is 63.9 Å². The highest BCUT2D eigenvalue weighted by Gasteiger charge is 2.15. The molecule has 3 aromatic rings. The summed E-state index contributed by atoms with van der Waals surface area (Å²) in [5, 5.41) is 5.48. The van der Waals surface area contributed by atoms with Gasteiger partial charge in [-0.3, -0.25) is 4.79 Å². The molecule has 0 bridgehead atoms. The Morgan fingerprint density at radius 1 is 1.19 bits per heavy atom. The largest absolute Gasteiger partial charge is 0.465 e. The van der Waals surface area contributed by atoms with E-state index >= 15 is 0 Å². The molecule has 1 saturated carbocycles. The highest BCUT2D eigenvalue weighted by atomic mass is 16.3. The number of carbonyl (C=O) groups is 1. The molecule has 1 fully saturated rings. The summed E-state index contributed by atoms with van der Waals surface area (Å²) in [5.41, 5.74) is 6.83. The Morgan fingerprint density at radius 2 is 2.08 bits per heavy atom. The monoisotopic (exact) mass is 347 g/mol. The van der Waals surface area contributed by atoms with Crippen LogP contribution in [0.2, 0.25) is 0 Å². The van der Waals surface area contributed by atoms with Crippen LogP contribution in [-0.4, -0.2) is 16.6 Å². The fourth-order valence-electron chi connectivity index (χ4n) is 3.36. The molecule has 26 heavy (non-hydrogen) atoms. The molecule has 1 aromatic carbocycles. The molecule has 5 heteroatoms. The van der Waals surface area contributed by atoms with E-state index in [2.05, 4.69) is 15.5 Å². The minimum Gasteiger partial charge on any atom is -0.465 e. The number of hydrogen-bond donors (Lipinski definition) is 2. The standard InChI is InChI=1S/C21H21N3O2/c25-21(13-16-14-22-20-10-4-2-8-18(16)20)24-23-19-9-3-1-6-15(19)12-17-7-5-11-26-17/h2,4-5,7-8,10-12,14,22H,1,3,6,9,13H2,(H,24,25)/b15-12?,23-19-. The number of benzene rings is 1. The van der Waals surface area contributed by atoms with Crippen LogP contribution in [0.25, 0.3) is 17.0 Å². The average molecular weight is 347 g/mol. The number of fused-ring (bicyclic) bond motifs is 1. The maximum Gasteiger partial charge on any atom is 0.244 e. The number of hydrogen-bond acceptors (Lipinski definition) is 3. The Hall–Kier alpha value is -3.08. The highest BCUT2D eigenvalue weighted by Crippen LogP contribution is 2.23. The summed E-state index contributed by atoms with van der Waals surface area (Å²) in [6.45, 7) is 0. The van der Waals surface area contributed by atoms with Gasteiger partial charge in [0.1, 0.15) is 5.76 Å². The Morgan fingerprint density at radius 3 is 2.96 bits per heavy atom. The molecule has 1 aliphatic rings. The third-order valence-electron chi connectivity index (χ3n) is 4.68. The van der Waals surface area contributed by atoms with Gasteiger partial charge in [0, 0.05) is 17.1 Å². The van der Waals surface area contributed by atoms with E-state index in [0.29, 0.717) is 6.42 Å². The molecule has 0 unspecified atom stereocenters. The van der Waals surface area contributed by atoms with Gasteiger partial charge in [0.25, 0.3) is 0 Å². The Bertz CT molecular complexity index is 964. The van der Waals surface area contributed by atoms with E-state index in [1.807, 2.05) is 48.7 Å². The number of furan rings is 1. The minimum atomic E-state index is -0.106. The lowest BCUT2D eigenvalue weighted by molar-refractivity contribution is -0.120. The van der Waals surface area contributed by atoms with Crippen molar-refractivity contribution < 1.29 is 9.21 Å². The first-order valence-electron chi connectivity index (χ1n) is 8.94. The van der Waals surface area contributed by atoms with E-state index in [1.54, 1.807) is 6.26 Å². The van der Waals surface area contributed by atoms with Gasteiger partial charge < -0.3 is 9.40 Å². The van der Waals surface area contributed by atoms with E-state index in [0.717, 1.165) is 59.2 Å². The molecule has 5 nitrogen and oxygen atoms in total. The zero-order valence-electron chi connectivity index (χ0n) is 14.5. The number of amides is 1. The van der Waals surface area contributed by atoms with Gasteiger partial charge in [-0.05, 0) is 61.1 Å². The van der Waals surface area contributed by atoms with Crippen LogP contribution in [0.5, 0.6) is 0 Å². The van der Waals surface area contributed by atoms with Gasteiger partial charge in [0.2, 0.25) is 5.91 Å². The number of allylic oxidation sites excluding steroid dienone is 1. The van der Waals surface area contributed by atoms with Gasteiger partial charge >= 0.3 is 0 Å². The first-order valence-corrected chi connectivity index (χ1v) is 8.94. The van der Waals surface area contributed by atoms with Crippen molar-refractivity contribution in [3.05, 3.63) is 65.8 Å². The summed E-state index contributed by atoms with van der Waals surface area (Å²) in [4.78, 5) is 15.5. The summed E-state index contributed by atoms with van der Waals surface area (Å²) in [5.74, 6) is 0.713. The van der Waals surface area contributed by atoms with Gasteiger partial charge in [-0.1, -0.05) is 18.2 Å². The zero-order chi connectivity index (χ0) is 17.8. The molecule has 0 atom stereocenters. The number of hydrazone groups is 1. The van der Waals surface area contributed by atoms with Crippen LogP contribution in [0, 0.1) is 0 Å². The third kappa shape index (κ3) is 3.61. The van der Waals surface area contributed by atoms with Crippen molar-refractivity contribution in [3.63, 3.8) is 0 Å². The quantitative estimate of drug-likeness (QED) is 0.685. The number of aromatic amines is 1. The van der Waals surface area contributed by atoms with Crippen molar-refractivity contribution in [2.24, 2.45) is 5.10 Å². The molecule has 0 radical (unpaired) electrons. The number of nitrogens with one attached hydrogen (secondary N) is 2. The number of rotatable bonds is 4. The molecule has 2 heterocycles. The van der Waals surface area contributed by atoms with Crippen LogP contribution in [-0.2, 0) is 11.2 Å². The van der Waals surface area contributed by atoms with Crippen molar-refractivity contribution in [1.29, 1.82) is 0 Å². The molecular formula is C21H21N3O2. The SMILES string of the molecule is O=C(Cc1c[nH]c2ccccc12)N/N=C1/CCCCC1=Cc1ccco1. The Balaban J connectivity index is 1.46. The lowest BCUT2D eigenvalue weighted by atomic mass is 9.92. The fraction of sp³-hybridized carbons (Fsp3) is 0.238. The number of aromatic nitrogens is 1. The van der Waals surface area contributed by atoms with Gasteiger partial charge in [0.15, 0.2) is 0 Å². The zero-order valence-corrected chi connectivity index (χ0v) is 14.5. The summed E-state index contributed by atoms with van der Waals surface area (Å²) in [6, 6.07) is 11.8. The number of H-pyrrole nitrogens is 1. The van der Waals surface area contributed by atoms with Crippen molar-refractivity contribution in [1.82, 2.24) is 10.4 Å². The molecule has 2 N–H and O–H groups in total. The molecule has 2 aromatic heterocycles. The van der Waals surface area contributed by atoms with Gasteiger partial charge in [-0.25, -0.2) is 5.43 Å². The number of para-hydroxylation sites is 1. The van der Waals surface area contributed by atoms with E-state index in [1.165, 1.54) is 0 Å². The smallest absolute Gasteiger partial charge is 0.244 e. The summed E-state index contributed by atoms with van der Waals surface area (Å²) < 4.78 is 5.40. The third-order valence-corrected chi connectivity index (χ3v) is 4.68. The molecular weight excluding hydrogens is 326 g/mol. The van der Waals surface area contributed by atoms with E-state index in [9.17, 15) is 4.79 Å². The summed E-state index contributed by atoms with van der Waals surface area (Å²) >= 11 is 0. The maximum atomic E-state index is 12.4. The van der Waals surface area contributed by atoms with Gasteiger partial charge in [-0.15, -0.1) is 0 Å². The molecule has 1 aliphatic carbocycles. The van der Waals surface area contributed by atoms with Crippen molar-refractivity contribution in [2.45, 2.75) is 32.1 Å². The Labute approximate surface area is 151 Å². The lowest BCUT2D eigenvalue weighted by Crippen LogP contribution is -2.23. The topological polar surface area (TPSA) is 70.4 Å². The van der Waals surface area contributed by atoms with E-state index in [4.69, 9.17) is 4.42 Å². The first-order chi connectivity index (χ1) is 12.8. The fourth-order valence-corrected chi connectivity index (χ4v) is 3.36. The van der Waals surface area contributed by atoms with E-state index < -0.39 is 0 Å². The second kappa shape index (κ2) is 7.44. The Kier molecular flexibility index (Phi) is 4.69. The van der Waals surface area contributed by atoms with Crippen molar-refractivity contribution in [2.75, 3.05) is 0 Å². The molecule has 4 rings (SSSR count). The second-order valence-corrected chi connectivity index (χ2v) is 6.52. The molecule has 0 saturated heterocycles. The highest BCUT2D eigenvalue weighted by molar-refractivity contribution is 6.04. The van der Waals surface area contributed by atoms with Crippen LogP contribution >= 0.6 is 0 Å². The van der Waals surface area contributed by atoms with Crippen LogP contribution in [0.1, 0.15) is 37.0 Å². The van der Waals surface area contributed by atoms with Crippen LogP contribution in [0.4, 0.5) is 0 Å². The first kappa shape index (κ1) is 16.4. The summed E-state index contributed by atoms with van der Waals surface area (Å²) in [6.07, 6.45) is 9.93. The number of nitrogens with zero attached hydrogens (tertiary/aromatic N) is 1. The lowest BCUT2D eigenvalue weighted by Gasteiger charge is -2.16. The predicted octanol–water partition coefficient (Wildman–Crippen LogP) is 4.43. The predicted molar refractivity (Wildman–Crippen MR) is 103 cm³/mol. The van der Waals surface area contributed by atoms with Gasteiger partial charge in [-0.2, -0.15) is 5.10 Å². The van der Waals surface area contributed by atoms with Crippen LogP contribution in [0.3, 0.4) is 0 Å². The molecule has 0 aliphatic heterocycles. The number of carbonyl (C=O) groups excluding carboxylic acids is 1.